The summed E-state index contributed by atoms with van der Waals surface area (Å²) in [4.78, 5) is 11.3. The van der Waals surface area contributed by atoms with E-state index in [1.54, 1.807) is 6.92 Å². The summed E-state index contributed by atoms with van der Waals surface area (Å²) in [7, 11) is 0. The Morgan fingerprint density at radius 2 is 2.07 bits per heavy atom. The van der Waals surface area contributed by atoms with E-state index in [2.05, 4.69) is 19.6 Å². The van der Waals surface area contributed by atoms with Crippen molar-refractivity contribution in [3.05, 3.63) is 12.2 Å². The van der Waals surface area contributed by atoms with Crippen LogP contribution in [-0.4, -0.2) is 5.78 Å². The quantitative estimate of drug-likeness (QED) is 0.608. The fraction of sp³-hybridized carbons (Fsp3) is 0.667. The molecule has 78 valence electrons. The molecule has 0 saturated heterocycles. The fourth-order valence-corrected chi connectivity index (χ4v) is 1.35. The van der Waals surface area contributed by atoms with Crippen LogP contribution in [0.3, 0.4) is 0 Å². The zero-order valence-electron chi connectivity index (χ0n) is 9.34. The van der Waals surface area contributed by atoms with Crippen LogP contribution in [0.1, 0.15) is 40.0 Å². The molecule has 14 heavy (non-hydrogen) atoms. The summed E-state index contributed by atoms with van der Waals surface area (Å²) in [6, 6.07) is 2.08. The lowest BCUT2D eigenvalue weighted by Gasteiger charge is -2.17. The van der Waals surface area contributed by atoms with Crippen molar-refractivity contribution < 1.29 is 4.79 Å². The highest BCUT2D eigenvalue weighted by atomic mass is 16.1. The van der Waals surface area contributed by atoms with Gasteiger partial charge in [-0.1, -0.05) is 19.1 Å². The standard InChI is InChI=1S/C12H19NO/c1-9(2)10(3)8-12(11(4)14)6-5-7-13/h10,12H,1,5-6,8H2,2-4H3. The van der Waals surface area contributed by atoms with Crippen molar-refractivity contribution >= 4 is 5.78 Å². The number of carbonyl (C=O) groups is 1. The second kappa shape index (κ2) is 6.37. The molecule has 2 nitrogen and oxygen atoms in total. The van der Waals surface area contributed by atoms with E-state index in [1.807, 2.05) is 6.92 Å². The summed E-state index contributed by atoms with van der Waals surface area (Å²) in [5, 5.41) is 8.46. The summed E-state index contributed by atoms with van der Waals surface area (Å²) >= 11 is 0. The number of ketones is 1. The second-order valence-electron chi connectivity index (χ2n) is 3.99. The number of hydrogen-bond acceptors (Lipinski definition) is 2. The van der Waals surface area contributed by atoms with E-state index >= 15 is 0 Å². The lowest BCUT2D eigenvalue weighted by Crippen LogP contribution is -2.15. The molecule has 0 bridgehead atoms. The Bertz CT molecular complexity index is 250. The Balaban J connectivity index is 4.17. The number of allylic oxidation sites excluding steroid dienone is 1. The molecule has 0 saturated carbocycles. The largest absolute Gasteiger partial charge is 0.300 e. The van der Waals surface area contributed by atoms with Crippen molar-refractivity contribution in [2.45, 2.75) is 40.0 Å². The van der Waals surface area contributed by atoms with Crippen LogP contribution in [0.25, 0.3) is 0 Å². The van der Waals surface area contributed by atoms with Gasteiger partial charge in [-0.3, -0.25) is 4.79 Å². The van der Waals surface area contributed by atoms with Gasteiger partial charge in [0.15, 0.2) is 0 Å². The molecule has 2 unspecified atom stereocenters. The van der Waals surface area contributed by atoms with Gasteiger partial charge in [0.05, 0.1) is 6.07 Å². The van der Waals surface area contributed by atoms with Crippen molar-refractivity contribution in [1.29, 1.82) is 5.26 Å². The maximum atomic E-state index is 11.3. The molecule has 0 aliphatic carbocycles. The molecule has 0 aliphatic heterocycles. The summed E-state index contributed by atoms with van der Waals surface area (Å²) in [6.45, 7) is 9.53. The van der Waals surface area contributed by atoms with Crippen molar-refractivity contribution in [3.63, 3.8) is 0 Å². The lowest BCUT2D eigenvalue weighted by atomic mass is 9.86. The van der Waals surface area contributed by atoms with E-state index in [-0.39, 0.29) is 11.7 Å². The first-order valence-corrected chi connectivity index (χ1v) is 5.01. The minimum atomic E-state index is 0.0290. The van der Waals surface area contributed by atoms with Gasteiger partial charge in [-0.25, -0.2) is 0 Å². The highest BCUT2D eigenvalue weighted by Gasteiger charge is 2.17. The Labute approximate surface area is 86.6 Å². The van der Waals surface area contributed by atoms with Crippen LogP contribution in [0, 0.1) is 23.2 Å². The summed E-state index contributed by atoms with van der Waals surface area (Å²) in [6.07, 6.45) is 1.98. The van der Waals surface area contributed by atoms with E-state index < -0.39 is 0 Å². The van der Waals surface area contributed by atoms with E-state index in [4.69, 9.17) is 5.26 Å². The van der Waals surface area contributed by atoms with Gasteiger partial charge in [-0.2, -0.15) is 5.26 Å². The predicted octanol–water partition coefficient (Wildman–Crippen LogP) is 3.10. The van der Waals surface area contributed by atoms with Crippen LogP contribution < -0.4 is 0 Å². The van der Waals surface area contributed by atoms with Crippen LogP contribution in [0.4, 0.5) is 0 Å². The SMILES string of the molecule is C=C(C)C(C)CC(CCC#N)C(C)=O. The molecule has 0 radical (unpaired) electrons. The van der Waals surface area contributed by atoms with Crippen LogP contribution in [0.2, 0.25) is 0 Å². The highest BCUT2D eigenvalue weighted by molar-refractivity contribution is 5.78. The van der Waals surface area contributed by atoms with Crippen LogP contribution in [0.15, 0.2) is 12.2 Å². The van der Waals surface area contributed by atoms with Crippen molar-refractivity contribution in [1.82, 2.24) is 0 Å². The molecule has 0 aliphatic rings. The molecule has 0 aromatic heterocycles. The van der Waals surface area contributed by atoms with Crippen molar-refractivity contribution in [2.75, 3.05) is 0 Å². The molecule has 0 spiro atoms. The summed E-state index contributed by atoms with van der Waals surface area (Å²) in [5.41, 5.74) is 1.10. The number of hydrogen-bond donors (Lipinski definition) is 0. The molecule has 0 aromatic carbocycles. The van der Waals surface area contributed by atoms with Crippen LogP contribution in [0.5, 0.6) is 0 Å². The van der Waals surface area contributed by atoms with E-state index in [1.165, 1.54) is 0 Å². The smallest absolute Gasteiger partial charge is 0.132 e. The average molecular weight is 193 g/mol. The highest BCUT2D eigenvalue weighted by Crippen LogP contribution is 2.22. The number of nitriles is 1. The Morgan fingerprint density at radius 3 is 2.43 bits per heavy atom. The maximum absolute atomic E-state index is 11.3. The zero-order chi connectivity index (χ0) is 11.1. The second-order valence-corrected chi connectivity index (χ2v) is 3.99. The Morgan fingerprint density at radius 1 is 1.50 bits per heavy atom. The molecular formula is C12H19NO. The monoisotopic (exact) mass is 193 g/mol. The predicted molar refractivity (Wildman–Crippen MR) is 57.6 cm³/mol. The van der Waals surface area contributed by atoms with E-state index in [0.717, 1.165) is 12.0 Å². The van der Waals surface area contributed by atoms with Crippen molar-refractivity contribution in [3.8, 4) is 6.07 Å². The molecule has 0 heterocycles. The number of nitrogens with zero attached hydrogens (tertiary/aromatic N) is 1. The van der Waals surface area contributed by atoms with Gasteiger partial charge in [-0.05, 0) is 32.6 Å². The van der Waals surface area contributed by atoms with E-state index in [9.17, 15) is 4.79 Å². The van der Waals surface area contributed by atoms with Gasteiger partial charge in [0, 0.05) is 12.3 Å². The first-order chi connectivity index (χ1) is 6.49. The van der Waals surface area contributed by atoms with Crippen LogP contribution >= 0.6 is 0 Å². The molecular weight excluding hydrogens is 174 g/mol. The molecule has 0 N–H and O–H groups in total. The normalized spacial score (nSPS) is 14.1. The van der Waals surface area contributed by atoms with E-state index in [0.29, 0.717) is 18.8 Å². The van der Waals surface area contributed by atoms with Gasteiger partial charge in [-0.15, -0.1) is 0 Å². The minimum absolute atomic E-state index is 0.0290. The third-order valence-electron chi connectivity index (χ3n) is 2.66. The third-order valence-corrected chi connectivity index (χ3v) is 2.66. The Hall–Kier alpha value is -1.10. The summed E-state index contributed by atoms with van der Waals surface area (Å²) < 4.78 is 0. The topological polar surface area (TPSA) is 40.9 Å². The molecule has 2 atom stereocenters. The summed E-state index contributed by atoms with van der Waals surface area (Å²) in [5.74, 6) is 0.581. The van der Waals surface area contributed by atoms with Crippen LogP contribution in [-0.2, 0) is 4.79 Å². The molecule has 2 heteroatoms. The van der Waals surface area contributed by atoms with Gasteiger partial charge in [0.2, 0.25) is 0 Å². The zero-order valence-corrected chi connectivity index (χ0v) is 9.34. The molecule has 0 amide bonds. The fourth-order valence-electron chi connectivity index (χ4n) is 1.35. The third kappa shape index (κ3) is 4.81. The van der Waals surface area contributed by atoms with Crippen molar-refractivity contribution in [2.24, 2.45) is 11.8 Å². The first kappa shape index (κ1) is 12.9. The molecule has 0 aromatic rings. The molecule has 0 fully saturated rings. The lowest BCUT2D eigenvalue weighted by molar-refractivity contribution is -0.121. The minimum Gasteiger partial charge on any atom is -0.300 e. The van der Waals surface area contributed by atoms with Gasteiger partial charge >= 0.3 is 0 Å². The average Bonchev–Trinajstić information content (AvgIpc) is 2.10. The van der Waals surface area contributed by atoms with Gasteiger partial charge in [0.25, 0.3) is 0 Å². The van der Waals surface area contributed by atoms with Gasteiger partial charge in [0.1, 0.15) is 5.78 Å². The van der Waals surface area contributed by atoms with Gasteiger partial charge < -0.3 is 0 Å². The molecule has 0 rings (SSSR count). The number of Topliss-reactive ketones (excluding diaryl/α,β-unsaturated/α-hetero) is 1. The number of rotatable bonds is 6. The first-order valence-electron chi connectivity index (χ1n) is 5.01. The Kier molecular flexibility index (Phi) is 5.87. The number of carbonyl (C=O) groups excluding carboxylic acids is 1. The maximum Gasteiger partial charge on any atom is 0.132 e.